The number of hydrogen-bond acceptors (Lipinski definition) is 3. The molecule has 1 saturated heterocycles. The van der Waals surface area contributed by atoms with Crippen LogP contribution in [-0.2, 0) is 9.59 Å². The number of carbonyl (C=O) groups excluding carboxylic acids is 2. The van der Waals surface area contributed by atoms with E-state index in [2.05, 4.69) is 16.0 Å². The molecular weight excluding hydrogens is 302 g/mol. The molecule has 5 nitrogen and oxygen atoms in total. The van der Waals surface area contributed by atoms with E-state index in [0.717, 1.165) is 32.4 Å². The maximum absolute atomic E-state index is 12.1. The van der Waals surface area contributed by atoms with Gasteiger partial charge in [0.05, 0.1) is 11.4 Å². The summed E-state index contributed by atoms with van der Waals surface area (Å²) in [5.41, 5.74) is 1.10. The van der Waals surface area contributed by atoms with Gasteiger partial charge >= 0.3 is 0 Å². The van der Waals surface area contributed by atoms with Gasteiger partial charge in [0.2, 0.25) is 11.8 Å². The number of anilines is 2. The third-order valence-electron chi connectivity index (χ3n) is 3.80. The lowest BCUT2D eigenvalue weighted by Crippen LogP contribution is -2.28. The second-order valence-electron chi connectivity index (χ2n) is 5.65. The molecule has 3 N–H and O–H groups in total. The van der Waals surface area contributed by atoms with Gasteiger partial charge in [-0.2, -0.15) is 0 Å². The van der Waals surface area contributed by atoms with Crippen molar-refractivity contribution in [2.24, 2.45) is 5.92 Å². The monoisotopic (exact) mass is 323 g/mol. The van der Waals surface area contributed by atoms with Crippen LogP contribution in [0.3, 0.4) is 0 Å². The Labute approximate surface area is 135 Å². The largest absolute Gasteiger partial charge is 0.325 e. The molecule has 1 fully saturated rings. The van der Waals surface area contributed by atoms with Crippen molar-refractivity contribution in [1.82, 2.24) is 5.32 Å². The summed E-state index contributed by atoms with van der Waals surface area (Å²) in [5, 5.41) is 9.37. The smallest absolute Gasteiger partial charge is 0.224 e. The lowest BCUT2D eigenvalue weighted by molar-refractivity contribution is -0.116. The third kappa shape index (κ3) is 5.31. The summed E-state index contributed by atoms with van der Waals surface area (Å²) >= 11 is 5.96. The van der Waals surface area contributed by atoms with Crippen LogP contribution in [0.1, 0.15) is 32.6 Å². The molecule has 1 aliphatic rings. The van der Waals surface area contributed by atoms with Gasteiger partial charge in [0.15, 0.2) is 0 Å². The van der Waals surface area contributed by atoms with Crippen LogP contribution in [0.5, 0.6) is 0 Å². The molecule has 1 heterocycles. The van der Waals surface area contributed by atoms with Gasteiger partial charge in [-0.05, 0) is 56.5 Å². The van der Waals surface area contributed by atoms with Crippen molar-refractivity contribution in [2.45, 2.75) is 32.6 Å². The quantitative estimate of drug-likeness (QED) is 0.780. The van der Waals surface area contributed by atoms with Gasteiger partial charge in [0.25, 0.3) is 0 Å². The van der Waals surface area contributed by atoms with E-state index in [9.17, 15) is 9.59 Å². The number of piperidine rings is 1. The van der Waals surface area contributed by atoms with Gasteiger partial charge in [-0.1, -0.05) is 11.6 Å². The van der Waals surface area contributed by atoms with E-state index < -0.39 is 0 Å². The zero-order valence-electron chi connectivity index (χ0n) is 12.7. The highest BCUT2D eigenvalue weighted by molar-refractivity contribution is 6.31. The van der Waals surface area contributed by atoms with E-state index in [-0.39, 0.29) is 11.8 Å². The minimum absolute atomic E-state index is 0.0487. The topological polar surface area (TPSA) is 70.2 Å². The Morgan fingerprint density at radius 1 is 1.23 bits per heavy atom. The van der Waals surface area contributed by atoms with Gasteiger partial charge in [0, 0.05) is 18.4 Å². The Bertz CT molecular complexity index is 542. The number of carbonyl (C=O) groups is 2. The first kappa shape index (κ1) is 16.8. The second kappa shape index (κ2) is 8.15. The highest BCUT2D eigenvalue weighted by Crippen LogP contribution is 2.26. The van der Waals surface area contributed by atoms with Crippen molar-refractivity contribution in [1.29, 1.82) is 0 Å². The summed E-state index contributed by atoms with van der Waals surface area (Å²) in [4.78, 5) is 23.3. The third-order valence-corrected chi connectivity index (χ3v) is 4.04. The summed E-state index contributed by atoms with van der Waals surface area (Å²) < 4.78 is 0. The van der Waals surface area contributed by atoms with Crippen LogP contribution in [0.4, 0.5) is 11.4 Å². The number of nitrogens with one attached hydrogen (secondary N) is 3. The Morgan fingerprint density at radius 3 is 2.64 bits per heavy atom. The molecule has 6 heteroatoms. The number of halogens is 1. The van der Waals surface area contributed by atoms with Crippen LogP contribution >= 0.6 is 11.6 Å². The van der Waals surface area contributed by atoms with E-state index in [1.54, 1.807) is 18.2 Å². The van der Waals surface area contributed by atoms with Gasteiger partial charge in [-0.15, -0.1) is 0 Å². The van der Waals surface area contributed by atoms with Crippen molar-refractivity contribution in [3.05, 3.63) is 23.2 Å². The zero-order valence-corrected chi connectivity index (χ0v) is 13.5. The molecule has 2 rings (SSSR count). The van der Waals surface area contributed by atoms with E-state index in [1.807, 2.05) is 0 Å². The van der Waals surface area contributed by atoms with Crippen LogP contribution in [0.15, 0.2) is 18.2 Å². The molecule has 120 valence electrons. The van der Waals surface area contributed by atoms with Crippen LogP contribution in [0.25, 0.3) is 0 Å². The fraction of sp³-hybridized carbons (Fsp3) is 0.500. The second-order valence-corrected chi connectivity index (χ2v) is 6.09. The Kier molecular flexibility index (Phi) is 6.21. The van der Waals surface area contributed by atoms with Gasteiger partial charge in [-0.25, -0.2) is 0 Å². The molecule has 1 aliphatic heterocycles. The molecule has 0 radical (unpaired) electrons. The van der Waals surface area contributed by atoms with Crippen molar-refractivity contribution in [3.63, 3.8) is 0 Å². The summed E-state index contributed by atoms with van der Waals surface area (Å²) in [7, 11) is 0. The molecule has 22 heavy (non-hydrogen) atoms. The van der Waals surface area contributed by atoms with Crippen LogP contribution in [-0.4, -0.2) is 24.9 Å². The first-order valence-electron chi connectivity index (χ1n) is 7.62. The van der Waals surface area contributed by atoms with Gasteiger partial charge in [-0.3, -0.25) is 9.59 Å². The normalized spacial score (nSPS) is 15.4. The molecule has 0 bridgehead atoms. The molecule has 2 amide bonds. The number of hydrogen-bond donors (Lipinski definition) is 3. The molecule has 0 atom stereocenters. The lowest BCUT2D eigenvalue weighted by atomic mass is 9.93. The highest BCUT2D eigenvalue weighted by Gasteiger charge is 2.15. The van der Waals surface area contributed by atoms with Crippen molar-refractivity contribution >= 4 is 34.8 Å². The van der Waals surface area contributed by atoms with E-state index in [4.69, 9.17) is 11.6 Å². The maximum Gasteiger partial charge on any atom is 0.224 e. The SMILES string of the molecule is CC(=O)Nc1ccc(Cl)cc1NC(=O)CCC1CCNCC1. The molecule has 0 aliphatic carbocycles. The highest BCUT2D eigenvalue weighted by atomic mass is 35.5. The molecule has 0 aromatic heterocycles. The van der Waals surface area contributed by atoms with Crippen molar-refractivity contribution in [2.75, 3.05) is 23.7 Å². The number of rotatable bonds is 5. The fourth-order valence-electron chi connectivity index (χ4n) is 2.64. The Hall–Kier alpha value is -1.59. The molecule has 1 aromatic rings. The average Bonchev–Trinajstić information content (AvgIpc) is 2.49. The summed E-state index contributed by atoms with van der Waals surface area (Å²) in [6, 6.07) is 5.01. The lowest BCUT2D eigenvalue weighted by Gasteiger charge is -2.22. The van der Waals surface area contributed by atoms with Gasteiger partial charge < -0.3 is 16.0 Å². The predicted molar refractivity (Wildman–Crippen MR) is 89.2 cm³/mol. The molecule has 0 spiro atoms. The van der Waals surface area contributed by atoms with E-state index in [1.165, 1.54) is 6.92 Å². The van der Waals surface area contributed by atoms with E-state index in [0.29, 0.717) is 28.7 Å². The molecular formula is C16H22ClN3O2. The van der Waals surface area contributed by atoms with Crippen molar-refractivity contribution < 1.29 is 9.59 Å². The summed E-state index contributed by atoms with van der Waals surface area (Å²) in [6.45, 7) is 3.50. The molecule has 1 aromatic carbocycles. The van der Waals surface area contributed by atoms with Crippen molar-refractivity contribution in [3.8, 4) is 0 Å². The van der Waals surface area contributed by atoms with Crippen LogP contribution in [0.2, 0.25) is 5.02 Å². The summed E-state index contributed by atoms with van der Waals surface area (Å²) in [6.07, 6.45) is 3.63. The van der Waals surface area contributed by atoms with Crippen LogP contribution in [0, 0.1) is 5.92 Å². The Balaban J connectivity index is 1.92. The first-order chi connectivity index (χ1) is 10.5. The predicted octanol–water partition coefficient (Wildman–Crippen LogP) is 3.02. The molecule has 0 unspecified atom stereocenters. The zero-order chi connectivity index (χ0) is 15.9. The first-order valence-corrected chi connectivity index (χ1v) is 8.00. The number of amides is 2. The number of benzene rings is 1. The van der Waals surface area contributed by atoms with E-state index >= 15 is 0 Å². The minimum Gasteiger partial charge on any atom is -0.325 e. The van der Waals surface area contributed by atoms with Crippen LogP contribution < -0.4 is 16.0 Å². The average molecular weight is 324 g/mol. The fourth-order valence-corrected chi connectivity index (χ4v) is 2.81. The standard InChI is InChI=1S/C16H22ClN3O2/c1-11(21)19-14-4-3-13(17)10-15(14)20-16(22)5-2-12-6-8-18-9-7-12/h3-4,10,12,18H,2,5-9H2,1H3,(H,19,21)(H,20,22). The summed E-state index contributed by atoms with van der Waals surface area (Å²) in [5.74, 6) is 0.376. The van der Waals surface area contributed by atoms with Gasteiger partial charge in [0.1, 0.15) is 0 Å². The molecule has 0 saturated carbocycles. The Morgan fingerprint density at radius 2 is 1.95 bits per heavy atom. The minimum atomic E-state index is -0.187. The maximum atomic E-state index is 12.1.